The quantitative estimate of drug-likeness (QED) is 0.910. The third kappa shape index (κ3) is 4.02. The number of rotatable bonds is 5. The Balaban J connectivity index is 2.16. The molecule has 0 unspecified atom stereocenters. The fraction of sp³-hybridized carbons (Fsp3) is 0.312. The summed E-state index contributed by atoms with van der Waals surface area (Å²) < 4.78 is 1.31. The van der Waals surface area contributed by atoms with Crippen molar-refractivity contribution >= 4 is 5.91 Å². The first-order valence-corrected chi connectivity index (χ1v) is 7.00. The lowest BCUT2D eigenvalue weighted by Crippen LogP contribution is -2.32. The molecule has 0 spiro atoms. The highest BCUT2D eigenvalue weighted by Gasteiger charge is 2.06. The van der Waals surface area contributed by atoms with E-state index in [9.17, 15) is 9.59 Å². The zero-order valence-electron chi connectivity index (χ0n) is 12.3. The molecule has 0 aliphatic heterocycles. The largest absolute Gasteiger partial charge is 0.355 e. The molecule has 1 aromatic carbocycles. The minimum absolute atomic E-state index is 0.0000111. The van der Waals surface area contributed by atoms with E-state index < -0.39 is 0 Å². The maximum Gasteiger partial charge on any atom is 0.254 e. The van der Waals surface area contributed by atoms with Gasteiger partial charge in [-0.1, -0.05) is 36.8 Å². The molecule has 0 saturated carbocycles. The van der Waals surface area contributed by atoms with Crippen molar-refractivity contribution in [2.45, 2.75) is 26.8 Å². The number of benzene rings is 1. The molecule has 1 N–H and O–H groups in total. The van der Waals surface area contributed by atoms with Gasteiger partial charge >= 0.3 is 0 Å². The van der Waals surface area contributed by atoms with Crippen LogP contribution in [0.25, 0.3) is 11.3 Å². The molecule has 1 amide bonds. The van der Waals surface area contributed by atoms with Crippen LogP contribution in [0.15, 0.2) is 41.5 Å². The van der Waals surface area contributed by atoms with Gasteiger partial charge in [0.05, 0.1) is 12.0 Å². The molecule has 110 valence electrons. The third-order valence-corrected chi connectivity index (χ3v) is 3.11. The molecule has 0 fully saturated rings. The van der Waals surface area contributed by atoms with E-state index in [0.29, 0.717) is 12.2 Å². The monoisotopic (exact) mass is 285 g/mol. The molecule has 0 radical (unpaired) electrons. The zero-order valence-corrected chi connectivity index (χ0v) is 12.3. The van der Waals surface area contributed by atoms with Gasteiger partial charge in [-0.2, -0.15) is 0 Å². The highest BCUT2D eigenvalue weighted by molar-refractivity contribution is 5.75. The fourth-order valence-electron chi connectivity index (χ4n) is 1.90. The summed E-state index contributed by atoms with van der Waals surface area (Å²) in [5.41, 5.74) is 2.43. The molecular formula is C16H19N3O2. The molecule has 2 rings (SSSR count). The molecule has 21 heavy (non-hydrogen) atoms. The van der Waals surface area contributed by atoms with Crippen LogP contribution < -0.4 is 10.9 Å². The number of amides is 1. The lowest BCUT2D eigenvalue weighted by molar-refractivity contribution is -0.121. The van der Waals surface area contributed by atoms with Gasteiger partial charge in [0.25, 0.3) is 5.56 Å². The standard InChI is InChI=1S/C16H19N3O2/c1-3-8-17-15(20)10-19-11-18-14(9-16(19)21)13-6-4-12(2)5-7-13/h4-7,9,11H,3,8,10H2,1-2H3,(H,17,20). The van der Waals surface area contributed by atoms with Crippen molar-refractivity contribution < 1.29 is 4.79 Å². The van der Waals surface area contributed by atoms with Gasteiger partial charge in [0.2, 0.25) is 5.91 Å². The highest BCUT2D eigenvalue weighted by atomic mass is 16.2. The van der Waals surface area contributed by atoms with E-state index >= 15 is 0 Å². The lowest BCUT2D eigenvalue weighted by Gasteiger charge is -2.07. The Morgan fingerprint density at radius 1 is 1.29 bits per heavy atom. The predicted octanol–water partition coefficient (Wildman–Crippen LogP) is 1.74. The van der Waals surface area contributed by atoms with E-state index in [1.54, 1.807) is 0 Å². The summed E-state index contributed by atoms with van der Waals surface area (Å²) in [6, 6.07) is 9.25. The maximum absolute atomic E-state index is 12.0. The Labute approximate surface area is 123 Å². The molecule has 0 aliphatic rings. The first-order chi connectivity index (χ1) is 10.1. The second-order valence-corrected chi connectivity index (χ2v) is 4.96. The first-order valence-electron chi connectivity index (χ1n) is 7.00. The number of carbonyl (C=O) groups excluding carboxylic acids is 1. The fourth-order valence-corrected chi connectivity index (χ4v) is 1.90. The lowest BCUT2D eigenvalue weighted by atomic mass is 10.1. The summed E-state index contributed by atoms with van der Waals surface area (Å²) in [5.74, 6) is -0.177. The molecule has 2 aromatic rings. The van der Waals surface area contributed by atoms with Crippen LogP contribution in [0.5, 0.6) is 0 Å². The highest BCUT2D eigenvalue weighted by Crippen LogP contribution is 2.15. The minimum Gasteiger partial charge on any atom is -0.355 e. The summed E-state index contributed by atoms with van der Waals surface area (Å²) in [4.78, 5) is 27.9. The van der Waals surface area contributed by atoms with Crippen LogP contribution in [-0.4, -0.2) is 22.0 Å². The number of hydrogen-bond acceptors (Lipinski definition) is 3. The van der Waals surface area contributed by atoms with Crippen LogP contribution >= 0.6 is 0 Å². The number of carbonyl (C=O) groups is 1. The van der Waals surface area contributed by atoms with Gasteiger partial charge in [0, 0.05) is 18.2 Å². The van der Waals surface area contributed by atoms with Crippen molar-refractivity contribution in [3.63, 3.8) is 0 Å². The molecule has 1 aromatic heterocycles. The van der Waals surface area contributed by atoms with Gasteiger partial charge in [-0.05, 0) is 13.3 Å². The molecule has 1 heterocycles. The number of aromatic nitrogens is 2. The predicted molar refractivity (Wildman–Crippen MR) is 82.0 cm³/mol. The summed E-state index contributed by atoms with van der Waals surface area (Å²) in [7, 11) is 0. The average molecular weight is 285 g/mol. The van der Waals surface area contributed by atoms with Crippen molar-refractivity contribution in [1.29, 1.82) is 0 Å². The topological polar surface area (TPSA) is 64.0 Å². The van der Waals surface area contributed by atoms with Gasteiger partial charge < -0.3 is 5.32 Å². The summed E-state index contributed by atoms with van der Waals surface area (Å²) >= 11 is 0. The normalized spacial score (nSPS) is 10.4. The van der Waals surface area contributed by atoms with Crippen molar-refractivity contribution in [3.8, 4) is 11.3 Å². The van der Waals surface area contributed by atoms with Crippen LogP contribution in [0.2, 0.25) is 0 Å². The molecule has 0 bridgehead atoms. The average Bonchev–Trinajstić information content (AvgIpc) is 2.48. The van der Waals surface area contributed by atoms with Gasteiger partial charge in [0.1, 0.15) is 6.54 Å². The number of nitrogens with one attached hydrogen (secondary N) is 1. The molecular weight excluding hydrogens is 266 g/mol. The molecule has 0 atom stereocenters. The Kier molecular flexibility index (Phi) is 4.87. The van der Waals surface area contributed by atoms with Gasteiger partial charge in [-0.15, -0.1) is 0 Å². The van der Waals surface area contributed by atoms with Crippen LogP contribution in [0.3, 0.4) is 0 Å². The van der Waals surface area contributed by atoms with Gasteiger partial charge in [-0.25, -0.2) is 4.98 Å². The van der Waals surface area contributed by atoms with Crippen molar-refractivity contribution in [2.75, 3.05) is 6.54 Å². The Bertz CT molecular complexity index is 675. The second kappa shape index (κ2) is 6.83. The van der Waals surface area contributed by atoms with Crippen LogP contribution in [0, 0.1) is 6.92 Å². The second-order valence-electron chi connectivity index (χ2n) is 4.96. The van der Waals surface area contributed by atoms with Crippen LogP contribution in [-0.2, 0) is 11.3 Å². The zero-order chi connectivity index (χ0) is 15.2. The first kappa shape index (κ1) is 15.0. The number of aryl methyl sites for hydroxylation is 1. The van der Waals surface area contributed by atoms with Crippen molar-refractivity contribution in [2.24, 2.45) is 0 Å². The molecule has 5 nitrogen and oxygen atoms in total. The maximum atomic E-state index is 12.0. The minimum atomic E-state index is -0.229. The van der Waals surface area contributed by atoms with E-state index in [1.165, 1.54) is 17.0 Å². The van der Waals surface area contributed by atoms with Crippen molar-refractivity contribution in [1.82, 2.24) is 14.9 Å². The summed E-state index contributed by atoms with van der Waals surface area (Å²) in [6.07, 6.45) is 2.29. The smallest absolute Gasteiger partial charge is 0.254 e. The van der Waals surface area contributed by atoms with Crippen LogP contribution in [0.1, 0.15) is 18.9 Å². The molecule has 0 aliphatic carbocycles. The van der Waals surface area contributed by atoms with E-state index in [2.05, 4.69) is 10.3 Å². The summed E-state index contributed by atoms with van der Waals surface area (Å²) in [5, 5.41) is 2.73. The van der Waals surface area contributed by atoms with Gasteiger partial charge in [0.15, 0.2) is 0 Å². The Morgan fingerprint density at radius 3 is 2.62 bits per heavy atom. The number of hydrogen-bond donors (Lipinski definition) is 1. The van der Waals surface area contributed by atoms with E-state index in [4.69, 9.17) is 0 Å². The Morgan fingerprint density at radius 2 is 2.00 bits per heavy atom. The summed E-state index contributed by atoms with van der Waals surface area (Å²) in [6.45, 7) is 4.59. The SMILES string of the molecule is CCCNC(=O)Cn1cnc(-c2ccc(C)cc2)cc1=O. The van der Waals surface area contributed by atoms with E-state index in [1.807, 2.05) is 38.1 Å². The molecule has 0 saturated heterocycles. The third-order valence-electron chi connectivity index (χ3n) is 3.11. The van der Waals surface area contributed by atoms with Crippen molar-refractivity contribution in [3.05, 3.63) is 52.6 Å². The van der Waals surface area contributed by atoms with E-state index in [0.717, 1.165) is 17.5 Å². The van der Waals surface area contributed by atoms with Gasteiger partial charge in [-0.3, -0.25) is 14.2 Å². The van der Waals surface area contributed by atoms with Crippen LogP contribution in [0.4, 0.5) is 0 Å². The van der Waals surface area contributed by atoms with E-state index in [-0.39, 0.29) is 18.0 Å². The molecule has 5 heteroatoms. The number of nitrogens with zero attached hydrogens (tertiary/aromatic N) is 2. The Hall–Kier alpha value is -2.43.